The third-order valence-corrected chi connectivity index (χ3v) is 2.56. The summed E-state index contributed by atoms with van der Waals surface area (Å²) in [5.41, 5.74) is 2.99. The van der Waals surface area contributed by atoms with E-state index < -0.39 is 0 Å². The average molecular weight is 242 g/mol. The Kier molecular flexibility index (Phi) is 3.69. The molecule has 0 spiro atoms. The molecular weight excluding hydrogens is 230 g/mol. The maximum atomic E-state index is 5.85. The van der Waals surface area contributed by atoms with Gasteiger partial charge in [0.2, 0.25) is 0 Å². The molecule has 0 saturated heterocycles. The normalized spacial score (nSPS) is 9.29. The molecule has 0 radical (unpaired) electrons. The van der Waals surface area contributed by atoms with Gasteiger partial charge in [-0.25, -0.2) is 0 Å². The molecule has 1 N–H and O–H groups in total. The van der Waals surface area contributed by atoms with Gasteiger partial charge < -0.3 is 5.32 Å². The summed E-state index contributed by atoms with van der Waals surface area (Å²) >= 11 is 5.85. The van der Waals surface area contributed by atoms with Crippen molar-refractivity contribution < 1.29 is 0 Å². The first kappa shape index (κ1) is 11.6. The number of benzene rings is 2. The number of para-hydroxylation sites is 1. The molecule has 0 atom stereocenters. The molecule has 17 heavy (non-hydrogen) atoms. The maximum absolute atomic E-state index is 5.85. The number of anilines is 2. The molecule has 2 rings (SSSR count). The van der Waals surface area contributed by atoms with Gasteiger partial charge in [-0.05, 0) is 43.3 Å². The van der Waals surface area contributed by atoms with Crippen molar-refractivity contribution >= 4 is 23.0 Å². The van der Waals surface area contributed by atoms with E-state index in [1.54, 1.807) is 0 Å². The van der Waals surface area contributed by atoms with Gasteiger partial charge in [0.05, 0.1) is 5.69 Å². The van der Waals surface area contributed by atoms with Crippen molar-refractivity contribution in [2.75, 3.05) is 5.32 Å². The summed E-state index contributed by atoms with van der Waals surface area (Å²) in [4.78, 5) is 0. The number of rotatable bonds is 2. The molecule has 0 aliphatic heterocycles. The van der Waals surface area contributed by atoms with Gasteiger partial charge in [-0.1, -0.05) is 29.7 Å². The lowest BCUT2D eigenvalue weighted by molar-refractivity contribution is 1.52. The molecular formula is C15H12ClN. The largest absolute Gasteiger partial charge is 0.355 e. The standard InChI is InChI=1S/C15H12ClN/c1-2-5-12-6-3-4-7-15(12)17-14-10-8-13(16)9-11-14/h3-4,6-11,17H,1H3. The van der Waals surface area contributed by atoms with E-state index in [0.717, 1.165) is 22.0 Å². The lowest BCUT2D eigenvalue weighted by atomic mass is 10.1. The van der Waals surface area contributed by atoms with E-state index >= 15 is 0 Å². The Morgan fingerprint density at radius 2 is 1.71 bits per heavy atom. The molecule has 1 nitrogen and oxygen atoms in total. The highest BCUT2D eigenvalue weighted by molar-refractivity contribution is 6.30. The quantitative estimate of drug-likeness (QED) is 0.766. The molecule has 0 aliphatic carbocycles. The van der Waals surface area contributed by atoms with Crippen molar-refractivity contribution in [3.8, 4) is 11.8 Å². The van der Waals surface area contributed by atoms with Crippen LogP contribution < -0.4 is 5.32 Å². The van der Waals surface area contributed by atoms with Crippen LogP contribution in [0.2, 0.25) is 5.02 Å². The van der Waals surface area contributed by atoms with Crippen LogP contribution in [-0.4, -0.2) is 0 Å². The highest BCUT2D eigenvalue weighted by Gasteiger charge is 1.99. The van der Waals surface area contributed by atoms with Crippen LogP contribution in [-0.2, 0) is 0 Å². The zero-order valence-electron chi connectivity index (χ0n) is 9.50. The fourth-order valence-electron chi connectivity index (χ4n) is 1.52. The van der Waals surface area contributed by atoms with Crippen LogP contribution in [0.1, 0.15) is 12.5 Å². The van der Waals surface area contributed by atoms with Gasteiger partial charge in [-0.15, -0.1) is 5.92 Å². The second kappa shape index (κ2) is 5.43. The first-order chi connectivity index (χ1) is 8.29. The predicted molar refractivity (Wildman–Crippen MR) is 73.7 cm³/mol. The van der Waals surface area contributed by atoms with Crippen molar-refractivity contribution in [1.82, 2.24) is 0 Å². The summed E-state index contributed by atoms with van der Waals surface area (Å²) in [5, 5.41) is 4.06. The second-order valence-electron chi connectivity index (χ2n) is 3.55. The zero-order chi connectivity index (χ0) is 12.1. The number of halogens is 1. The lowest BCUT2D eigenvalue weighted by Gasteiger charge is -2.08. The Morgan fingerprint density at radius 1 is 1.00 bits per heavy atom. The van der Waals surface area contributed by atoms with Gasteiger partial charge in [0.25, 0.3) is 0 Å². The molecule has 2 aromatic rings. The molecule has 0 heterocycles. The zero-order valence-corrected chi connectivity index (χ0v) is 10.3. The highest BCUT2D eigenvalue weighted by atomic mass is 35.5. The first-order valence-corrected chi connectivity index (χ1v) is 5.72. The molecule has 0 bridgehead atoms. The molecule has 0 amide bonds. The highest BCUT2D eigenvalue weighted by Crippen LogP contribution is 2.21. The Bertz CT molecular complexity index is 561. The minimum Gasteiger partial charge on any atom is -0.355 e. The third kappa shape index (κ3) is 3.03. The topological polar surface area (TPSA) is 12.0 Å². The first-order valence-electron chi connectivity index (χ1n) is 5.34. The van der Waals surface area contributed by atoms with E-state index in [1.165, 1.54) is 0 Å². The van der Waals surface area contributed by atoms with Crippen molar-refractivity contribution in [2.24, 2.45) is 0 Å². The summed E-state index contributed by atoms with van der Waals surface area (Å²) in [7, 11) is 0. The molecule has 0 aliphatic rings. The summed E-state index contributed by atoms with van der Waals surface area (Å²) in [6.07, 6.45) is 0. The van der Waals surface area contributed by atoms with E-state index in [4.69, 9.17) is 11.6 Å². The number of hydrogen-bond donors (Lipinski definition) is 1. The Hall–Kier alpha value is -1.91. The van der Waals surface area contributed by atoms with Crippen molar-refractivity contribution in [3.63, 3.8) is 0 Å². The van der Waals surface area contributed by atoms with Gasteiger partial charge in [0.15, 0.2) is 0 Å². The monoisotopic (exact) mass is 241 g/mol. The minimum atomic E-state index is 0.734. The minimum absolute atomic E-state index is 0.734. The van der Waals surface area contributed by atoms with Crippen LogP contribution in [0.3, 0.4) is 0 Å². The Morgan fingerprint density at radius 3 is 2.41 bits per heavy atom. The van der Waals surface area contributed by atoms with Gasteiger partial charge in [-0.2, -0.15) is 0 Å². The van der Waals surface area contributed by atoms with E-state index in [1.807, 2.05) is 55.5 Å². The predicted octanol–water partition coefficient (Wildman–Crippen LogP) is 4.46. The van der Waals surface area contributed by atoms with E-state index in [0.29, 0.717) is 0 Å². The molecule has 84 valence electrons. The van der Waals surface area contributed by atoms with Gasteiger partial charge in [0, 0.05) is 16.3 Å². The fourth-order valence-corrected chi connectivity index (χ4v) is 1.65. The van der Waals surface area contributed by atoms with Gasteiger partial charge in [0.1, 0.15) is 0 Å². The molecule has 2 heteroatoms. The smallest absolute Gasteiger partial charge is 0.0543 e. The van der Waals surface area contributed by atoms with Gasteiger partial charge >= 0.3 is 0 Å². The molecule has 0 unspecified atom stereocenters. The van der Waals surface area contributed by atoms with Crippen LogP contribution in [0, 0.1) is 11.8 Å². The van der Waals surface area contributed by atoms with Crippen LogP contribution in [0.15, 0.2) is 48.5 Å². The molecule has 0 fully saturated rings. The van der Waals surface area contributed by atoms with Gasteiger partial charge in [-0.3, -0.25) is 0 Å². The van der Waals surface area contributed by atoms with E-state index in [-0.39, 0.29) is 0 Å². The Labute approximate surface area is 106 Å². The number of nitrogens with one attached hydrogen (secondary N) is 1. The summed E-state index contributed by atoms with van der Waals surface area (Å²) < 4.78 is 0. The number of hydrogen-bond acceptors (Lipinski definition) is 1. The summed E-state index contributed by atoms with van der Waals surface area (Å²) in [6.45, 7) is 1.83. The summed E-state index contributed by atoms with van der Waals surface area (Å²) in [5.74, 6) is 5.98. The van der Waals surface area contributed by atoms with Crippen LogP contribution in [0.25, 0.3) is 0 Å². The van der Waals surface area contributed by atoms with Crippen LogP contribution in [0.4, 0.5) is 11.4 Å². The fraction of sp³-hybridized carbons (Fsp3) is 0.0667. The van der Waals surface area contributed by atoms with Crippen molar-refractivity contribution in [3.05, 3.63) is 59.1 Å². The van der Waals surface area contributed by atoms with Crippen molar-refractivity contribution in [2.45, 2.75) is 6.92 Å². The van der Waals surface area contributed by atoms with E-state index in [2.05, 4.69) is 17.2 Å². The maximum Gasteiger partial charge on any atom is 0.0543 e. The SMILES string of the molecule is CC#Cc1ccccc1Nc1ccc(Cl)cc1. The second-order valence-corrected chi connectivity index (χ2v) is 3.99. The Balaban J connectivity index is 2.28. The van der Waals surface area contributed by atoms with Crippen LogP contribution >= 0.6 is 11.6 Å². The lowest BCUT2D eigenvalue weighted by Crippen LogP contribution is -1.92. The van der Waals surface area contributed by atoms with Crippen molar-refractivity contribution in [1.29, 1.82) is 0 Å². The molecule has 2 aromatic carbocycles. The summed E-state index contributed by atoms with van der Waals surface area (Å²) in [6, 6.07) is 15.6. The van der Waals surface area contributed by atoms with E-state index in [9.17, 15) is 0 Å². The van der Waals surface area contributed by atoms with Crippen LogP contribution in [0.5, 0.6) is 0 Å². The third-order valence-electron chi connectivity index (χ3n) is 2.31. The molecule has 0 saturated carbocycles. The average Bonchev–Trinajstić information content (AvgIpc) is 2.35. The molecule has 0 aromatic heterocycles.